The van der Waals surface area contributed by atoms with Crippen LogP contribution in [-0.4, -0.2) is 28.5 Å². The van der Waals surface area contributed by atoms with E-state index < -0.39 is 0 Å². The summed E-state index contributed by atoms with van der Waals surface area (Å²) in [6.07, 6.45) is 4.67. The average Bonchev–Trinajstić information content (AvgIpc) is 2.78. The molecule has 4 heteroatoms. The molecule has 4 nitrogen and oxygen atoms in total. The smallest absolute Gasteiger partial charge is 0.166 e. The van der Waals surface area contributed by atoms with Crippen molar-refractivity contribution in [2.24, 2.45) is 4.99 Å². The zero-order chi connectivity index (χ0) is 9.54. The minimum Gasteiger partial charge on any atom is -0.344 e. The number of rotatable bonds is 1. The predicted octanol–water partition coefficient (Wildman–Crippen LogP) is 0.957. The molecule has 0 N–H and O–H groups in total. The molecule has 1 aromatic rings. The van der Waals surface area contributed by atoms with E-state index in [4.69, 9.17) is 0 Å². The Bertz CT molecular complexity index is 456. The van der Waals surface area contributed by atoms with Crippen molar-refractivity contribution >= 4 is 18.7 Å². The first-order valence-corrected chi connectivity index (χ1v) is 4.53. The number of hydrogen-bond donors (Lipinski definition) is 0. The van der Waals surface area contributed by atoms with E-state index in [0.29, 0.717) is 5.69 Å². The van der Waals surface area contributed by atoms with Crippen LogP contribution in [0.1, 0.15) is 16.2 Å². The molecule has 3 rings (SSSR count). The van der Waals surface area contributed by atoms with Gasteiger partial charge < -0.3 is 9.47 Å². The van der Waals surface area contributed by atoms with E-state index in [9.17, 15) is 4.79 Å². The van der Waals surface area contributed by atoms with Crippen LogP contribution < -0.4 is 0 Å². The molecule has 0 spiro atoms. The second-order valence-electron chi connectivity index (χ2n) is 3.42. The molecule has 0 atom stereocenters. The topological polar surface area (TPSA) is 37.6 Å². The SMILES string of the molecule is O=Cc1ccc2n1C=C1N=CCN1C2. The quantitative estimate of drug-likeness (QED) is 0.614. The molecule has 0 saturated carbocycles. The summed E-state index contributed by atoms with van der Waals surface area (Å²) in [6, 6.07) is 3.82. The highest BCUT2D eigenvalue weighted by atomic mass is 16.1. The van der Waals surface area contributed by atoms with Crippen LogP contribution in [0.15, 0.2) is 22.9 Å². The van der Waals surface area contributed by atoms with Gasteiger partial charge in [-0.3, -0.25) is 4.79 Å². The fraction of sp³-hybridized carbons (Fsp3) is 0.200. The molecule has 2 aliphatic rings. The molecule has 70 valence electrons. The molecular formula is C10H9N3O. The summed E-state index contributed by atoms with van der Waals surface area (Å²) >= 11 is 0. The van der Waals surface area contributed by atoms with Gasteiger partial charge in [0.25, 0.3) is 0 Å². The van der Waals surface area contributed by atoms with Crippen molar-refractivity contribution in [2.75, 3.05) is 6.54 Å². The number of hydrogen-bond acceptors (Lipinski definition) is 3. The third-order valence-electron chi connectivity index (χ3n) is 2.60. The van der Waals surface area contributed by atoms with Crippen LogP contribution >= 0.6 is 0 Å². The Balaban J connectivity index is 2.15. The number of aromatic nitrogens is 1. The molecule has 0 bridgehead atoms. The second kappa shape index (κ2) is 2.57. The Morgan fingerprint density at radius 3 is 3.21 bits per heavy atom. The van der Waals surface area contributed by atoms with Gasteiger partial charge in [0.05, 0.1) is 25.0 Å². The molecule has 14 heavy (non-hydrogen) atoms. The lowest BCUT2D eigenvalue weighted by molar-refractivity contribution is 0.111. The summed E-state index contributed by atoms with van der Waals surface area (Å²) in [7, 11) is 0. The Morgan fingerprint density at radius 1 is 1.43 bits per heavy atom. The lowest BCUT2D eigenvalue weighted by Gasteiger charge is -2.24. The maximum Gasteiger partial charge on any atom is 0.166 e. The molecule has 2 aliphatic heterocycles. The molecule has 0 amide bonds. The van der Waals surface area contributed by atoms with Gasteiger partial charge in [0.15, 0.2) is 6.29 Å². The van der Waals surface area contributed by atoms with Gasteiger partial charge in [-0.15, -0.1) is 0 Å². The lowest BCUT2D eigenvalue weighted by atomic mass is 10.3. The van der Waals surface area contributed by atoms with E-state index in [2.05, 4.69) is 9.89 Å². The summed E-state index contributed by atoms with van der Waals surface area (Å²) in [4.78, 5) is 17.1. The largest absolute Gasteiger partial charge is 0.344 e. The molecule has 0 fully saturated rings. The van der Waals surface area contributed by atoms with Gasteiger partial charge in [-0.2, -0.15) is 0 Å². The van der Waals surface area contributed by atoms with Gasteiger partial charge in [0, 0.05) is 11.9 Å². The molecule has 0 saturated heterocycles. The fourth-order valence-corrected chi connectivity index (χ4v) is 1.87. The minimum atomic E-state index is 0.689. The predicted molar refractivity (Wildman–Crippen MR) is 53.0 cm³/mol. The molecule has 0 aliphatic carbocycles. The highest BCUT2D eigenvalue weighted by Gasteiger charge is 2.21. The monoisotopic (exact) mass is 187 g/mol. The first kappa shape index (κ1) is 7.55. The highest BCUT2D eigenvalue weighted by molar-refractivity contribution is 5.75. The summed E-state index contributed by atoms with van der Waals surface area (Å²) in [5, 5.41) is 0. The van der Waals surface area contributed by atoms with Gasteiger partial charge in [-0.1, -0.05) is 0 Å². The van der Waals surface area contributed by atoms with E-state index in [-0.39, 0.29) is 0 Å². The van der Waals surface area contributed by atoms with E-state index in [1.807, 2.05) is 29.1 Å². The highest BCUT2D eigenvalue weighted by Crippen LogP contribution is 2.23. The van der Waals surface area contributed by atoms with Gasteiger partial charge >= 0.3 is 0 Å². The number of fused-ring (bicyclic) bond motifs is 2. The van der Waals surface area contributed by atoms with Crippen molar-refractivity contribution in [3.63, 3.8) is 0 Å². The molecule has 0 aromatic carbocycles. The summed E-state index contributed by atoms with van der Waals surface area (Å²) < 4.78 is 1.90. The number of aldehydes is 1. The molecule has 0 unspecified atom stereocenters. The minimum absolute atomic E-state index is 0.689. The number of aliphatic imine (C=N–C) groups is 1. The standard InChI is InChI=1S/C10H9N3O/c14-7-9-2-1-8-5-12-4-3-11-10(12)6-13(8)9/h1-3,6-7H,4-5H2. The van der Waals surface area contributed by atoms with Gasteiger partial charge in [-0.25, -0.2) is 4.99 Å². The van der Waals surface area contributed by atoms with Crippen LogP contribution in [0.2, 0.25) is 0 Å². The van der Waals surface area contributed by atoms with Crippen molar-refractivity contribution in [1.29, 1.82) is 0 Å². The Labute approximate surface area is 81.2 Å². The molecule has 3 heterocycles. The summed E-state index contributed by atoms with van der Waals surface area (Å²) in [5.74, 6) is 0.941. The Kier molecular flexibility index (Phi) is 1.39. The van der Waals surface area contributed by atoms with E-state index >= 15 is 0 Å². The fourth-order valence-electron chi connectivity index (χ4n) is 1.87. The van der Waals surface area contributed by atoms with Crippen LogP contribution in [0.25, 0.3) is 6.20 Å². The second-order valence-corrected chi connectivity index (χ2v) is 3.42. The van der Waals surface area contributed by atoms with Crippen LogP contribution in [0.5, 0.6) is 0 Å². The van der Waals surface area contributed by atoms with Crippen molar-refractivity contribution in [2.45, 2.75) is 6.54 Å². The summed E-state index contributed by atoms with van der Waals surface area (Å²) in [6.45, 7) is 1.70. The number of carbonyl (C=O) groups is 1. The van der Waals surface area contributed by atoms with Crippen LogP contribution in [0, 0.1) is 0 Å². The Morgan fingerprint density at radius 2 is 2.36 bits per heavy atom. The van der Waals surface area contributed by atoms with Gasteiger partial charge in [0.2, 0.25) is 0 Å². The molecular weight excluding hydrogens is 178 g/mol. The van der Waals surface area contributed by atoms with Crippen molar-refractivity contribution in [3.8, 4) is 0 Å². The first-order chi connectivity index (χ1) is 6.88. The molecule has 1 aromatic heterocycles. The number of nitrogens with zero attached hydrogens (tertiary/aromatic N) is 3. The van der Waals surface area contributed by atoms with E-state index in [1.165, 1.54) is 0 Å². The van der Waals surface area contributed by atoms with Crippen molar-refractivity contribution in [1.82, 2.24) is 9.47 Å². The first-order valence-electron chi connectivity index (χ1n) is 4.53. The zero-order valence-electron chi connectivity index (χ0n) is 7.55. The van der Waals surface area contributed by atoms with Crippen LogP contribution in [0.3, 0.4) is 0 Å². The zero-order valence-corrected chi connectivity index (χ0v) is 7.55. The third kappa shape index (κ3) is 0.878. The lowest BCUT2D eigenvalue weighted by Crippen LogP contribution is -2.24. The number of carbonyl (C=O) groups excluding carboxylic acids is 1. The summed E-state index contributed by atoms with van der Waals surface area (Å²) in [5.41, 5.74) is 1.83. The van der Waals surface area contributed by atoms with Gasteiger partial charge in [-0.05, 0) is 12.1 Å². The van der Waals surface area contributed by atoms with E-state index in [1.54, 1.807) is 0 Å². The van der Waals surface area contributed by atoms with Crippen molar-refractivity contribution < 1.29 is 4.79 Å². The maximum atomic E-state index is 10.7. The average molecular weight is 187 g/mol. The maximum absolute atomic E-state index is 10.7. The molecule has 0 radical (unpaired) electrons. The normalized spacial score (nSPS) is 17.7. The van der Waals surface area contributed by atoms with Crippen LogP contribution in [-0.2, 0) is 6.54 Å². The third-order valence-corrected chi connectivity index (χ3v) is 2.60. The van der Waals surface area contributed by atoms with E-state index in [0.717, 1.165) is 30.9 Å². The Hall–Kier alpha value is -1.84. The van der Waals surface area contributed by atoms with Gasteiger partial charge in [0.1, 0.15) is 5.82 Å². The van der Waals surface area contributed by atoms with Crippen molar-refractivity contribution in [3.05, 3.63) is 29.3 Å². The van der Waals surface area contributed by atoms with Crippen LogP contribution in [0.4, 0.5) is 0 Å².